The van der Waals surface area contributed by atoms with Crippen LogP contribution < -0.4 is 5.69 Å². The number of hydrogen-bond acceptors (Lipinski definition) is 4. The molecule has 0 aliphatic carbocycles. The summed E-state index contributed by atoms with van der Waals surface area (Å²) in [6.45, 7) is 4.59. The van der Waals surface area contributed by atoms with Crippen LogP contribution in [0.2, 0.25) is 0 Å². The van der Waals surface area contributed by atoms with E-state index in [1.54, 1.807) is 22.4 Å². The summed E-state index contributed by atoms with van der Waals surface area (Å²) in [6.07, 6.45) is 3.91. The molecule has 7 heteroatoms. The monoisotopic (exact) mass is 290 g/mol. The van der Waals surface area contributed by atoms with Crippen LogP contribution in [-0.4, -0.2) is 30.4 Å². The van der Waals surface area contributed by atoms with E-state index in [1.807, 2.05) is 19.2 Å². The first-order chi connectivity index (χ1) is 9.99. The largest absolute Gasteiger partial charge is 0.481 e. The van der Waals surface area contributed by atoms with E-state index in [9.17, 15) is 9.59 Å². The molecule has 2 heterocycles. The minimum absolute atomic E-state index is 0.0285. The molecule has 0 aliphatic heterocycles. The van der Waals surface area contributed by atoms with Gasteiger partial charge in [-0.2, -0.15) is 10.1 Å². The zero-order valence-corrected chi connectivity index (χ0v) is 12.1. The fraction of sp³-hybridized carbons (Fsp3) is 0.429. The van der Waals surface area contributed by atoms with Gasteiger partial charge in [0.25, 0.3) is 0 Å². The fourth-order valence-corrected chi connectivity index (χ4v) is 2.33. The van der Waals surface area contributed by atoms with Gasteiger partial charge in [0.1, 0.15) is 0 Å². The Labute approximate surface area is 121 Å². The van der Waals surface area contributed by atoms with Gasteiger partial charge in [-0.3, -0.25) is 14.0 Å². The molecule has 2 aromatic heterocycles. The molecule has 0 amide bonds. The highest BCUT2D eigenvalue weighted by Gasteiger charge is 2.12. The Morgan fingerprint density at radius 2 is 2.10 bits per heavy atom. The Morgan fingerprint density at radius 1 is 1.33 bits per heavy atom. The quantitative estimate of drug-likeness (QED) is 0.848. The summed E-state index contributed by atoms with van der Waals surface area (Å²) in [5.74, 6) is -0.858. The third-order valence-corrected chi connectivity index (χ3v) is 3.47. The Morgan fingerprint density at radius 3 is 2.71 bits per heavy atom. The minimum Gasteiger partial charge on any atom is -0.481 e. The molecule has 0 unspecified atom stereocenters. The molecule has 7 nitrogen and oxygen atoms in total. The molecule has 0 atom stereocenters. The van der Waals surface area contributed by atoms with Crippen LogP contribution in [0.15, 0.2) is 23.3 Å². The van der Waals surface area contributed by atoms with Crippen LogP contribution in [0.1, 0.15) is 23.4 Å². The predicted molar refractivity (Wildman–Crippen MR) is 76.2 cm³/mol. The van der Waals surface area contributed by atoms with E-state index >= 15 is 0 Å². The molecule has 2 aromatic rings. The zero-order chi connectivity index (χ0) is 15.4. The molecule has 0 fully saturated rings. The summed E-state index contributed by atoms with van der Waals surface area (Å²) in [7, 11) is 0. The third-order valence-electron chi connectivity index (χ3n) is 3.47. The maximum Gasteiger partial charge on any atom is 0.348 e. The lowest BCUT2D eigenvalue weighted by Crippen LogP contribution is -2.29. The average molecular weight is 290 g/mol. The van der Waals surface area contributed by atoms with Crippen LogP contribution in [0, 0.1) is 13.8 Å². The number of hydrogen-bond donors (Lipinski definition) is 1. The van der Waals surface area contributed by atoms with Crippen LogP contribution in [0.5, 0.6) is 0 Å². The van der Waals surface area contributed by atoms with Crippen molar-refractivity contribution < 1.29 is 9.90 Å². The molecule has 0 aliphatic rings. The van der Waals surface area contributed by atoms with Gasteiger partial charge >= 0.3 is 11.7 Å². The van der Waals surface area contributed by atoms with Gasteiger partial charge in [0.05, 0.1) is 6.54 Å². The van der Waals surface area contributed by atoms with Crippen molar-refractivity contribution in [3.8, 4) is 0 Å². The van der Waals surface area contributed by atoms with Crippen molar-refractivity contribution in [2.75, 3.05) is 0 Å². The summed E-state index contributed by atoms with van der Waals surface area (Å²) < 4.78 is 3.31. The second-order valence-electron chi connectivity index (χ2n) is 4.86. The van der Waals surface area contributed by atoms with E-state index < -0.39 is 5.97 Å². The number of carbonyl (C=O) groups is 1. The second-order valence-corrected chi connectivity index (χ2v) is 4.86. The predicted octanol–water partition coefficient (Wildman–Crippen LogP) is 0.774. The van der Waals surface area contributed by atoms with Crippen LogP contribution in [-0.2, 0) is 24.3 Å². The lowest BCUT2D eigenvalue weighted by atomic mass is 10.1. The SMILES string of the molecule is Cc1nc(=O)n(CCn2cccn2)c(C)c1CCC(=O)O. The van der Waals surface area contributed by atoms with Crippen LogP contribution in [0.25, 0.3) is 0 Å². The maximum absolute atomic E-state index is 12.0. The summed E-state index contributed by atoms with van der Waals surface area (Å²) >= 11 is 0. The first kappa shape index (κ1) is 15.0. The fourth-order valence-electron chi connectivity index (χ4n) is 2.33. The maximum atomic E-state index is 12.0. The highest BCUT2D eigenvalue weighted by Crippen LogP contribution is 2.12. The lowest BCUT2D eigenvalue weighted by Gasteiger charge is -2.15. The number of aryl methyl sites for hydroxylation is 2. The normalized spacial score (nSPS) is 10.8. The van der Waals surface area contributed by atoms with Gasteiger partial charge in [-0.15, -0.1) is 0 Å². The summed E-state index contributed by atoms with van der Waals surface area (Å²) in [4.78, 5) is 26.7. The molecular formula is C14H18N4O3. The second kappa shape index (κ2) is 6.34. The third kappa shape index (κ3) is 3.56. The molecule has 0 spiro atoms. The first-order valence-electron chi connectivity index (χ1n) is 6.75. The topological polar surface area (TPSA) is 90.0 Å². The number of nitrogens with zero attached hydrogens (tertiary/aromatic N) is 4. The summed E-state index contributed by atoms with van der Waals surface area (Å²) in [6, 6.07) is 1.82. The van der Waals surface area contributed by atoms with Crippen molar-refractivity contribution in [1.82, 2.24) is 19.3 Å². The molecule has 21 heavy (non-hydrogen) atoms. The van der Waals surface area contributed by atoms with E-state index in [2.05, 4.69) is 10.1 Å². The van der Waals surface area contributed by atoms with Gasteiger partial charge < -0.3 is 5.11 Å². The molecule has 0 radical (unpaired) electrons. The van der Waals surface area contributed by atoms with Crippen molar-refractivity contribution in [3.05, 3.63) is 45.9 Å². The number of carboxylic acids is 1. The van der Waals surface area contributed by atoms with E-state index in [4.69, 9.17) is 5.11 Å². The van der Waals surface area contributed by atoms with E-state index in [0.717, 1.165) is 11.3 Å². The summed E-state index contributed by atoms with van der Waals surface area (Å²) in [5.41, 5.74) is 1.91. The van der Waals surface area contributed by atoms with Crippen molar-refractivity contribution in [2.45, 2.75) is 39.8 Å². The lowest BCUT2D eigenvalue weighted by molar-refractivity contribution is -0.136. The van der Waals surface area contributed by atoms with Gasteiger partial charge in [0.2, 0.25) is 0 Å². The van der Waals surface area contributed by atoms with Gasteiger partial charge in [0.15, 0.2) is 0 Å². The van der Waals surface area contributed by atoms with Crippen LogP contribution >= 0.6 is 0 Å². The molecule has 0 saturated heterocycles. The van der Waals surface area contributed by atoms with Gasteiger partial charge in [-0.05, 0) is 31.9 Å². The van der Waals surface area contributed by atoms with E-state index in [-0.39, 0.29) is 12.1 Å². The molecule has 0 aromatic carbocycles. The van der Waals surface area contributed by atoms with Crippen molar-refractivity contribution >= 4 is 5.97 Å². The highest BCUT2D eigenvalue weighted by molar-refractivity contribution is 5.67. The number of carboxylic acid groups (broad SMARTS) is 1. The average Bonchev–Trinajstić information content (AvgIpc) is 2.90. The molecule has 0 bridgehead atoms. The Kier molecular flexibility index (Phi) is 4.52. The van der Waals surface area contributed by atoms with Crippen LogP contribution in [0.3, 0.4) is 0 Å². The summed E-state index contributed by atoms with van der Waals surface area (Å²) in [5, 5.41) is 12.9. The Balaban J connectivity index is 2.25. The number of rotatable bonds is 6. The Bertz CT molecular complexity index is 689. The molecule has 112 valence electrons. The highest BCUT2D eigenvalue weighted by atomic mass is 16.4. The Hall–Kier alpha value is -2.44. The van der Waals surface area contributed by atoms with Crippen LogP contribution in [0.4, 0.5) is 0 Å². The minimum atomic E-state index is -0.858. The molecule has 1 N–H and O–H groups in total. The van der Waals surface area contributed by atoms with Gasteiger partial charge in [-0.1, -0.05) is 0 Å². The van der Waals surface area contributed by atoms with Crippen molar-refractivity contribution in [2.24, 2.45) is 0 Å². The van der Waals surface area contributed by atoms with E-state index in [0.29, 0.717) is 25.2 Å². The van der Waals surface area contributed by atoms with E-state index in [1.165, 1.54) is 0 Å². The molecule has 2 rings (SSSR count). The van der Waals surface area contributed by atoms with Crippen molar-refractivity contribution in [3.63, 3.8) is 0 Å². The number of aliphatic carboxylic acids is 1. The van der Waals surface area contributed by atoms with Gasteiger partial charge in [0, 0.05) is 36.7 Å². The first-order valence-corrected chi connectivity index (χ1v) is 6.75. The zero-order valence-electron chi connectivity index (χ0n) is 12.1. The van der Waals surface area contributed by atoms with Gasteiger partial charge in [-0.25, -0.2) is 4.79 Å². The van der Waals surface area contributed by atoms with Crippen molar-refractivity contribution in [1.29, 1.82) is 0 Å². The standard InChI is InChI=1S/C14H18N4O3/c1-10-12(4-5-13(19)20)11(2)18(14(21)16-10)9-8-17-7-3-6-15-17/h3,6-7H,4-5,8-9H2,1-2H3,(H,19,20). The smallest absolute Gasteiger partial charge is 0.348 e. The number of aromatic nitrogens is 4. The molecular weight excluding hydrogens is 272 g/mol. The molecule has 0 saturated carbocycles.